The van der Waals surface area contributed by atoms with Gasteiger partial charge in [-0.2, -0.15) is 0 Å². The number of nitrogens with zero attached hydrogens (tertiary/aromatic N) is 2. The molecule has 0 spiro atoms. The van der Waals surface area contributed by atoms with Gasteiger partial charge in [-0.25, -0.2) is 4.39 Å². The summed E-state index contributed by atoms with van der Waals surface area (Å²) in [6.07, 6.45) is 3.41. The molecule has 0 aromatic heterocycles. The number of piperazine rings is 1. The first-order valence-corrected chi connectivity index (χ1v) is 9.00. The number of halogens is 1. The largest absolute Gasteiger partial charge is 0.391 e. The molecule has 1 amide bonds. The smallest absolute Gasteiger partial charge is 0.225 e. The van der Waals surface area contributed by atoms with Crippen LogP contribution in [0.2, 0.25) is 0 Å². The lowest BCUT2D eigenvalue weighted by molar-refractivity contribution is -0.137. The standard InChI is InChI=1S/C19H27FN2O2/c1-14(12-15-4-2-5-16(20)13-15)19(24)22-10-8-21(9-11-22)17-6-3-7-18(17)23/h2,4-5,13-14,17-18,23H,3,6-12H2,1H3/t14-,17-,18+/m1/s1. The van der Waals surface area contributed by atoms with Crippen LogP contribution >= 0.6 is 0 Å². The van der Waals surface area contributed by atoms with Crippen LogP contribution in [0.5, 0.6) is 0 Å². The van der Waals surface area contributed by atoms with Gasteiger partial charge < -0.3 is 10.0 Å². The van der Waals surface area contributed by atoms with Crippen LogP contribution in [0, 0.1) is 11.7 Å². The number of hydrogen-bond acceptors (Lipinski definition) is 3. The summed E-state index contributed by atoms with van der Waals surface area (Å²) in [5.74, 6) is -0.253. The predicted octanol–water partition coefficient (Wildman–Crippen LogP) is 2.06. The molecule has 2 aliphatic rings. The van der Waals surface area contributed by atoms with Crippen molar-refractivity contribution in [2.24, 2.45) is 5.92 Å². The number of benzene rings is 1. The molecule has 0 bridgehead atoms. The Balaban J connectivity index is 1.51. The van der Waals surface area contributed by atoms with E-state index in [1.165, 1.54) is 12.1 Å². The third kappa shape index (κ3) is 3.95. The second kappa shape index (κ2) is 7.62. The Morgan fingerprint density at radius 1 is 1.29 bits per heavy atom. The Morgan fingerprint density at radius 2 is 2.04 bits per heavy atom. The quantitative estimate of drug-likeness (QED) is 0.917. The zero-order chi connectivity index (χ0) is 17.1. The first kappa shape index (κ1) is 17.4. The van der Waals surface area contributed by atoms with Crippen LogP contribution < -0.4 is 0 Å². The number of aliphatic hydroxyl groups is 1. The molecule has 5 heteroatoms. The molecule has 132 valence electrons. The molecular formula is C19H27FN2O2. The number of hydrogen-bond donors (Lipinski definition) is 1. The van der Waals surface area contributed by atoms with Crippen LogP contribution in [0.3, 0.4) is 0 Å². The van der Waals surface area contributed by atoms with Gasteiger partial charge in [0.15, 0.2) is 0 Å². The maximum Gasteiger partial charge on any atom is 0.225 e. The van der Waals surface area contributed by atoms with Crippen LogP contribution in [0.25, 0.3) is 0 Å². The number of carbonyl (C=O) groups is 1. The van der Waals surface area contributed by atoms with E-state index in [-0.39, 0.29) is 29.8 Å². The van der Waals surface area contributed by atoms with Crippen molar-refractivity contribution >= 4 is 5.91 Å². The fourth-order valence-corrected chi connectivity index (χ4v) is 4.04. The van der Waals surface area contributed by atoms with E-state index in [9.17, 15) is 14.3 Å². The van der Waals surface area contributed by atoms with Crippen LogP contribution in [0.4, 0.5) is 4.39 Å². The zero-order valence-corrected chi connectivity index (χ0v) is 14.3. The first-order chi connectivity index (χ1) is 11.5. The second-order valence-corrected chi connectivity index (χ2v) is 7.16. The molecule has 1 N–H and O–H groups in total. The molecule has 4 nitrogen and oxygen atoms in total. The number of amides is 1. The van der Waals surface area contributed by atoms with E-state index in [1.54, 1.807) is 6.07 Å². The number of aliphatic hydroxyl groups excluding tert-OH is 1. The summed E-state index contributed by atoms with van der Waals surface area (Å²) in [4.78, 5) is 16.9. The monoisotopic (exact) mass is 334 g/mol. The molecule has 0 unspecified atom stereocenters. The SMILES string of the molecule is C[C@H](Cc1cccc(F)c1)C(=O)N1CCN([C@@H]2CCC[C@@H]2O)CC1. The van der Waals surface area contributed by atoms with Crippen LogP contribution in [-0.4, -0.2) is 59.1 Å². The summed E-state index contributed by atoms with van der Waals surface area (Å²) in [6, 6.07) is 6.75. The van der Waals surface area contributed by atoms with Crippen molar-refractivity contribution in [2.75, 3.05) is 26.2 Å². The van der Waals surface area contributed by atoms with Gasteiger partial charge in [0.1, 0.15) is 5.82 Å². The summed E-state index contributed by atoms with van der Waals surface area (Å²) in [6.45, 7) is 5.02. The number of carbonyl (C=O) groups excluding carboxylic acids is 1. The lowest BCUT2D eigenvalue weighted by atomic mass is 9.99. The molecule has 1 aromatic rings. The molecular weight excluding hydrogens is 307 g/mol. The van der Waals surface area contributed by atoms with E-state index in [4.69, 9.17) is 0 Å². The van der Waals surface area contributed by atoms with Crippen molar-refractivity contribution in [2.45, 2.75) is 44.8 Å². The summed E-state index contributed by atoms with van der Waals surface area (Å²) in [7, 11) is 0. The molecule has 3 atom stereocenters. The Bertz CT molecular complexity index is 572. The topological polar surface area (TPSA) is 43.8 Å². The Labute approximate surface area is 143 Å². The fraction of sp³-hybridized carbons (Fsp3) is 0.632. The maximum absolute atomic E-state index is 13.3. The molecule has 1 aliphatic heterocycles. The van der Waals surface area contributed by atoms with Gasteiger partial charge in [0.25, 0.3) is 0 Å². The minimum atomic E-state index is -0.254. The van der Waals surface area contributed by atoms with Gasteiger partial charge >= 0.3 is 0 Å². The molecule has 3 rings (SSSR count). The van der Waals surface area contributed by atoms with Gasteiger partial charge in [0.2, 0.25) is 5.91 Å². The highest BCUT2D eigenvalue weighted by atomic mass is 19.1. The van der Waals surface area contributed by atoms with E-state index >= 15 is 0 Å². The normalized spacial score (nSPS) is 26.5. The van der Waals surface area contributed by atoms with Crippen molar-refractivity contribution in [3.05, 3.63) is 35.6 Å². The van der Waals surface area contributed by atoms with E-state index in [1.807, 2.05) is 17.9 Å². The molecule has 1 aromatic carbocycles. The third-order valence-corrected chi connectivity index (χ3v) is 5.39. The minimum Gasteiger partial charge on any atom is -0.391 e. The summed E-state index contributed by atoms with van der Waals surface area (Å²) in [5, 5.41) is 10.0. The number of rotatable bonds is 4. The lowest BCUT2D eigenvalue weighted by Crippen LogP contribution is -2.54. The minimum absolute atomic E-state index is 0.143. The molecule has 1 aliphatic carbocycles. The molecule has 0 radical (unpaired) electrons. The fourth-order valence-electron chi connectivity index (χ4n) is 4.04. The van der Waals surface area contributed by atoms with Gasteiger partial charge in [-0.1, -0.05) is 19.1 Å². The molecule has 24 heavy (non-hydrogen) atoms. The third-order valence-electron chi connectivity index (χ3n) is 5.39. The van der Waals surface area contributed by atoms with Crippen molar-refractivity contribution in [3.63, 3.8) is 0 Å². The Kier molecular flexibility index (Phi) is 5.51. The average molecular weight is 334 g/mol. The van der Waals surface area contributed by atoms with E-state index in [2.05, 4.69) is 4.90 Å². The first-order valence-electron chi connectivity index (χ1n) is 9.00. The van der Waals surface area contributed by atoms with Crippen molar-refractivity contribution in [1.82, 2.24) is 9.80 Å². The van der Waals surface area contributed by atoms with Gasteiger partial charge in [-0.05, 0) is 43.4 Å². The summed E-state index contributed by atoms with van der Waals surface area (Å²) >= 11 is 0. The van der Waals surface area contributed by atoms with Gasteiger partial charge in [-0.3, -0.25) is 9.69 Å². The van der Waals surface area contributed by atoms with Gasteiger partial charge in [0, 0.05) is 38.1 Å². The van der Waals surface area contributed by atoms with Crippen molar-refractivity contribution in [1.29, 1.82) is 0 Å². The van der Waals surface area contributed by atoms with Gasteiger partial charge in [-0.15, -0.1) is 0 Å². The summed E-state index contributed by atoms with van der Waals surface area (Å²) < 4.78 is 13.3. The van der Waals surface area contributed by atoms with Crippen LogP contribution in [0.1, 0.15) is 31.7 Å². The predicted molar refractivity (Wildman–Crippen MR) is 91.1 cm³/mol. The van der Waals surface area contributed by atoms with Crippen LogP contribution in [-0.2, 0) is 11.2 Å². The summed E-state index contributed by atoms with van der Waals surface area (Å²) in [5.41, 5.74) is 0.864. The molecule has 1 saturated carbocycles. The van der Waals surface area contributed by atoms with Crippen molar-refractivity contribution in [3.8, 4) is 0 Å². The molecule has 1 heterocycles. The van der Waals surface area contributed by atoms with E-state index in [0.717, 1.165) is 51.0 Å². The molecule has 1 saturated heterocycles. The lowest BCUT2D eigenvalue weighted by Gasteiger charge is -2.39. The van der Waals surface area contributed by atoms with Gasteiger partial charge in [0.05, 0.1) is 6.10 Å². The van der Waals surface area contributed by atoms with Crippen molar-refractivity contribution < 1.29 is 14.3 Å². The molecule has 2 fully saturated rings. The Hall–Kier alpha value is -1.46. The highest BCUT2D eigenvalue weighted by Crippen LogP contribution is 2.25. The highest BCUT2D eigenvalue weighted by Gasteiger charge is 2.33. The average Bonchev–Trinajstić information content (AvgIpc) is 3.00. The zero-order valence-electron chi connectivity index (χ0n) is 14.3. The Morgan fingerprint density at radius 3 is 2.67 bits per heavy atom. The maximum atomic E-state index is 13.3. The highest BCUT2D eigenvalue weighted by molar-refractivity contribution is 5.79. The van der Waals surface area contributed by atoms with E-state index < -0.39 is 0 Å². The van der Waals surface area contributed by atoms with E-state index in [0.29, 0.717) is 6.42 Å². The second-order valence-electron chi connectivity index (χ2n) is 7.16. The van der Waals surface area contributed by atoms with Crippen LogP contribution in [0.15, 0.2) is 24.3 Å².